The second-order valence-electron chi connectivity index (χ2n) is 6.20. The molecule has 1 aliphatic heterocycles. The molecule has 24 heavy (non-hydrogen) atoms. The van der Waals surface area contributed by atoms with Crippen LogP contribution in [0.1, 0.15) is 11.6 Å². The lowest BCUT2D eigenvalue weighted by atomic mass is 10.0. The van der Waals surface area contributed by atoms with Crippen LogP contribution < -0.4 is 4.90 Å². The number of nitrogens with zero attached hydrogens (tertiary/aromatic N) is 5. The van der Waals surface area contributed by atoms with Crippen molar-refractivity contribution in [3.63, 3.8) is 0 Å². The number of hydrogen-bond acceptors (Lipinski definition) is 5. The lowest BCUT2D eigenvalue weighted by Crippen LogP contribution is -2.51. The van der Waals surface area contributed by atoms with Gasteiger partial charge in [0.25, 0.3) is 0 Å². The molecule has 0 unspecified atom stereocenters. The summed E-state index contributed by atoms with van der Waals surface area (Å²) in [6.07, 6.45) is 4.94. The largest absolute Gasteiger partial charge is 0.349 e. The Kier molecular flexibility index (Phi) is 5.05. The van der Waals surface area contributed by atoms with Gasteiger partial charge < -0.3 is 14.7 Å². The van der Waals surface area contributed by atoms with Crippen molar-refractivity contribution >= 4 is 11.7 Å². The quantitative estimate of drug-likeness (QED) is 0.851. The predicted octanol–water partition coefficient (Wildman–Crippen LogP) is 1.43. The molecule has 0 bridgehead atoms. The Labute approximate surface area is 142 Å². The molecule has 0 aliphatic carbocycles. The van der Waals surface area contributed by atoms with Crippen molar-refractivity contribution in [2.24, 2.45) is 0 Å². The van der Waals surface area contributed by atoms with E-state index in [9.17, 15) is 4.79 Å². The summed E-state index contributed by atoms with van der Waals surface area (Å²) < 4.78 is 0. The molecule has 1 fully saturated rings. The van der Waals surface area contributed by atoms with E-state index in [0.717, 1.165) is 19.6 Å². The fourth-order valence-electron chi connectivity index (χ4n) is 3.04. The maximum atomic E-state index is 12.9. The van der Waals surface area contributed by atoms with Crippen LogP contribution in [-0.2, 0) is 4.79 Å². The number of carbonyl (C=O) groups excluding carboxylic acids is 1. The summed E-state index contributed by atoms with van der Waals surface area (Å²) in [4.78, 5) is 27.3. The number of hydrogen-bond donors (Lipinski definition) is 0. The van der Waals surface area contributed by atoms with Gasteiger partial charge in [-0.25, -0.2) is 4.98 Å². The number of benzene rings is 1. The standard InChI is InChI=1S/C18H23N5O/c1-21-10-11-23(16(13-21)15-6-4-3-5-7-15)18(24)14-22(2)17-12-19-8-9-20-17/h3-9,12,16H,10-11,13-14H2,1-2H3/t16-/m1/s1. The minimum absolute atomic E-state index is 0.0905. The highest BCUT2D eigenvalue weighted by Gasteiger charge is 2.30. The van der Waals surface area contributed by atoms with E-state index in [0.29, 0.717) is 12.4 Å². The van der Waals surface area contributed by atoms with Crippen molar-refractivity contribution in [1.82, 2.24) is 19.8 Å². The van der Waals surface area contributed by atoms with Gasteiger partial charge in [-0.2, -0.15) is 0 Å². The van der Waals surface area contributed by atoms with Crippen LogP contribution in [0.5, 0.6) is 0 Å². The molecule has 3 rings (SSSR count). The van der Waals surface area contributed by atoms with Crippen LogP contribution in [0, 0.1) is 0 Å². The van der Waals surface area contributed by atoms with Gasteiger partial charge in [0.1, 0.15) is 5.82 Å². The molecular formula is C18H23N5O. The number of aromatic nitrogens is 2. The second kappa shape index (κ2) is 7.40. The molecule has 1 aromatic heterocycles. The van der Waals surface area contributed by atoms with E-state index in [4.69, 9.17) is 0 Å². The van der Waals surface area contributed by atoms with Crippen LogP contribution in [0.4, 0.5) is 5.82 Å². The van der Waals surface area contributed by atoms with Crippen molar-refractivity contribution in [1.29, 1.82) is 0 Å². The first-order valence-electron chi connectivity index (χ1n) is 8.15. The zero-order chi connectivity index (χ0) is 16.9. The lowest BCUT2D eigenvalue weighted by molar-refractivity contribution is -0.134. The van der Waals surface area contributed by atoms with E-state index in [1.165, 1.54) is 5.56 Å². The summed E-state index contributed by atoms with van der Waals surface area (Å²) >= 11 is 0. The van der Waals surface area contributed by atoms with E-state index in [1.807, 2.05) is 35.0 Å². The number of piperazine rings is 1. The minimum Gasteiger partial charge on any atom is -0.349 e. The number of rotatable bonds is 4. The van der Waals surface area contributed by atoms with Gasteiger partial charge in [-0.15, -0.1) is 0 Å². The average Bonchev–Trinajstić information content (AvgIpc) is 2.63. The molecule has 1 aliphatic rings. The Morgan fingerprint density at radius 1 is 1.25 bits per heavy atom. The molecule has 0 spiro atoms. The van der Waals surface area contributed by atoms with Gasteiger partial charge in [0.15, 0.2) is 0 Å². The molecule has 0 radical (unpaired) electrons. The Morgan fingerprint density at radius 2 is 2.04 bits per heavy atom. The van der Waals surface area contributed by atoms with E-state index in [2.05, 4.69) is 34.0 Å². The van der Waals surface area contributed by atoms with Gasteiger partial charge in [0, 0.05) is 39.1 Å². The molecule has 1 atom stereocenters. The molecule has 2 aromatic rings. The predicted molar refractivity (Wildman–Crippen MR) is 93.7 cm³/mol. The molecule has 6 nitrogen and oxygen atoms in total. The summed E-state index contributed by atoms with van der Waals surface area (Å²) in [5.41, 5.74) is 1.18. The smallest absolute Gasteiger partial charge is 0.242 e. The number of anilines is 1. The maximum absolute atomic E-state index is 12.9. The molecular weight excluding hydrogens is 302 g/mol. The average molecular weight is 325 g/mol. The molecule has 2 heterocycles. The van der Waals surface area contributed by atoms with Crippen molar-refractivity contribution in [2.45, 2.75) is 6.04 Å². The van der Waals surface area contributed by atoms with E-state index in [1.54, 1.807) is 18.6 Å². The van der Waals surface area contributed by atoms with Crippen molar-refractivity contribution in [3.8, 4) is 0 Å². The topological polar surface area (TPSA) is 52.6 Å². The lowest BCUT2D eigenvalue weighted by Gasteiger charge is -2.41. The van der Waals surface area contributed by atoms with Crippen LogP contribution in [0.15, 0.2) is 48.9 Å². The summed E-state index contributed by atoms with van der Waals surface area (Å²) in [5.74, 6) is 0.821. The number of carbonyl (C=O) groups is 1. The van der Waals surface area contributed by atoms with Crippen LogP contribution >= 0.6 is 0 Å². The van der Waals surface area contributed by atoms with Gasteiger partial charge in [0.05, 0.1) is 18.8 Å². The third-order valence-electron chi connectivity index (χ3n) is 4.40. The second-order valence-corrected chi connectivity index (χ2v) is 6.20. The third kappa shape index (κ3) is 3.71. The van der Waals surface area contributed by atoms with Crippen LogP contribution in [0.25, 0.3) is 0 Å². The molecule has 0 saturated carbocycles. The van der Waals surface area contributed by atoms with Gasteiger partial charge >= 0.3 is 0 Å². The first-order valence-corrected chi connectivity index (χ1v) is 8.15. The molecule has 1 amide bonds. The zero-order valence-corrected chi connectivity index (χ0v) is 14.2. The van der Waals surface area contributed by atoms with Gasteiger partial charge in [-0.05, 0) is 12.6 Å². The molecule has 126 valence electrons. The zero-order valence-electron chi connectivity index (χ0n) is 14.2. The fraction of sp³-hybridized carbons (Fsp3) is 0.389. The van der Waals surface area contributed by atoms with Crippen LogP contribution in [0.3, 0.4) is 0 Å². The SMILES string of the molecule is CN1CCN(C(=O)CN(C)c2cnccn2)[C@@H](c2ccccc2)C1. The van der Waals surface area contributed by atoms with Gasteiger partial charge in [-0.3, -0.25) is 9.78 Å². The van der Waals surface area contributed by atoms with Gasteiger partial charge in [0.2, 0.25) is 5.91 Å². The van der Waals surface area contributed by atoms with Gasteiger partial charge in [-0.1, -0.05) is 30.3 Å². The molecule has 6 heteroatoms. The number of likely N-dealkylation sites (N-methyl/N-ethyl adjacent to an activating group) is 2. The van der Waals surface area contributed by atoms with E-state index >= 15 is 0 Å². The molecule has 1 saturated heterocycles. The highest BCUT2D eigenvalue weighted by Crippen LogP contribution is 2.25. The molecule has 1 aromatic carbocycles. The van der Waals surface area contributed by atoms with Crippen molar-refractivity contribution < 1.29 is 4.79 Å². The Bertz CT molecular complexity index is 664. The fourth-order valence-corrected chi connectivity index (χ4v) is 3.04. The summed E-state index contributed by atoms with van der Waals surface area (Å²) in [5, 5.41) is 0. The summed E-state index contributed by atoms with van der Waals surface area (Å²) in [6, 6.07) is 10.3. The van der Waals surface area contributed by atoms with Crippen molar-refractivity contribution in [2.75, 3.05) is 45.2 Å². The van der Waals surface area contributed by atoms with E-state index in [-0.39, 0.29) is 11.9 Å². The number of amides is 1. The van der Waals surface area contributed by atoms with Crippen molar-refractivity contribution in [3.05, 3.63) is 54.5 Å². The normalized spacial score (nSPS) is 18.4. The maximum Gasteiger partial charge on any atom is 0.242 e. The highest BCUT2D eigenvalue weighted by molar-refractivity contribution is 5.81. The third-order valence-corrected chi connectivity index (χ3v) is 4.40. The molecule has 0 N–H and O–H groups in total. The first-order chi connectivity index (χ1) is 11.6. The monoisotopic (exact) mass is 325 g/mol. The Hall–Kier alpha value is -2.47. The van der Waals surface area contributed by atoms with E-state index < -0.39 is 0 Å². The van der Waals surface area contributed by atoms with Crippen LogP contribution in [0.2, 0.25) is 0 Å². The minimum atomic E-state index is 0.0905. The Morgan fingerprint density at radius 3 is 2.75 bits per heavy atom. The highest BCUT2D eigenvalue weighted by atomic mass is 16.2. The summed E-state index contributed by atoms with van der Waals surface area (Å²) in [7, 11) is 3.97. The van der Waals surface area contributed by atoms with Crippen LogP contribution in [-0.4, -0.2) is 65.9 Å². The first kappa shape index (κ1) is 16.4. The summed E-state index contributed by atoms with van der Waals surface area (Å²) in [6.45, 7) is 2.78. The Balaban J connectivity index is 1.74.